The van der Waals surface area contributed by atoms with Gasteiger partial charge in [-0.15, -0.1) is 0 Å². The topological polar surface area (TPSA) is 72.8 Å². The van der Waals surface area contributed by atoms with Crippen molar-refractivity contribution in [3.63, 3.8) is 0 Å². The molecule has 0 saturated carbocycles. The molecule has 0 heterocycles. The molecule has 0 unspecified atom stereocenters. The first-order chi connectivity index (χ1) is 10.6. The zero-order valence-electron chi connectivity index (χ0n) is 14.1. The molecule has 0 aliphatic carbocycles. The van der Waals surface area contributed by atoms with Gasteiger partial charge < -0.3 is 4.74 Å². The van der Waals surface area contributed by atoms with E-state index in [1.165, 1.54) is 24.3 Å². The Morgan fingerprint density at radius 3 is 2.22 bits per heavy atom. The number of isocyanates is 1. The van der Waals surface area contributed by atoms with Crippen molar-refractivity contribution in [3.8, 4) is 0 Å². The number of aliphatic imine (C=N–C) groups is 1. The predicted octanol–water partition coefficient (Wildman–Crippen LogP) is 3.48. The summed E-state index contributed by atoms with van der Waals surface area (Å²) in [7, 11) is -3.90. The van der Waals surface area contributed by atoms with E-state index in [0.29, 0.717) is 0 Å². The standard InChI is InChI=1S/C17H23NO4S/c1-13(2)15(22-17(3,4)5)11-16(18-12-19)23(20,21)14-9-7-6-8-10-14/h6-11,13,15H,1-5H3/t15-/m1/s1. The van der Waals surface area contributed by atoms with Gasteiger partial charge in [0.05, 0.1) is 16.6 Å². The van der Waals surface area contributed by atoms with Gasteiger partial charge in [-0.1, -0.05) is 32.0 Å². The van der Waals surface area contributed by atoms with Gasteiger partial charge in [0.25, 0.3) is 0 Å². The molecular weight excluding hydrogens is 314 g/mol. The summed E-state index contributed by atoms with van der Waals surface area (Å²) in [5, 5.41) is -0.346. The summed E-state index contributed by atoms with van der Waals surface area (Å²) in [5.41, 5.74) is -0.460. The summed E-state index contributed by atoms with van der Waals surface area (Å²) in [6.07, 6.45) is 2.20. The Hall–Kier alpha value is -1.75. The van der Waals surface area contributed by atoms with Gasteiger partial charge in [-0.25, -0.2) is 13.2 Å². The highest BCUT2D eigenvalue weighted by molar-refractivity contribution is 7.95. The Kier molecular flexibility index (Phi) is 6.45. The van der Waals surface area contributed by atoms with Crippen LogP contribution in [0.25, 0.3) is 0 Å². The third-order valence-corrected chi connectivity index (χ3v) is 4.61. The van der Waals surface area contributed by atoms with Crippen LogP contribution in [-0.2, 0) is 19.4 Å². The van der Waals surface area contributed by atoms with E-state index >= 15 is 0 Å². The highest BCUT2D eigenvalue weighted by Gasteiger charge is 2.26. The second kappa shape index (κ2) is 7.68. The average Bonchev–Trinajstić information content (AvgIpc) is 2.45. The molecule has 1 atom stereocenters. The number of hydrogen-bond acceptors (Lipinski definition) is 5. The van der Waals surface area contributed by atoms with Crippen molar-refractivity contribution >= 4 is 15.9 Å². The van der Waals surface area contributed by atoms with Gasteiger partial charge in [0.1, 0.15) is 0 Å². The van der Waals surface area contributed by atoms with E-state index < -0.39 is 21.5 Å². The number of hydrogen-bond donors (Lipinski definition) is 0. The lowest BCUT2D eigenvalue weighted by Crippen LogP contribution is -2.30. The highest BCUT2D eigenvalue weighted by atomic mass is 32.2. The van der Waals surface area contributed by atoms with Crippen molar-refractivity contribution in [2.24, 2.45) is 10.9 Å². The Labute approximate surface area is 138 Å². The molecule has 0 fully saturated rings. The van der Waals surface area contributed by atoms with Crippen molar-refractivity contribution in [3.05, 3.63) is 41.4 Å². The minimum absolute atomic E-state index is 0.0112. The van der Waals surface area contributed by atoms with E-state index in [9.17, 15) is 13.2 Å². The molecule has 0 N–H and O–H groups in total. The molecule has 1 rings (SSSR count). The first-order valence-electron chi connectivity index (χ1n) is 7.35. The molecule has 0 aromatic heterocycles. The Morgan fingerprint density at radius 2 is 1.78 bits per heavy atom. The van der Waals surface area contributed by atoms with Crippen LogP contribution < -0.4 is 0 Å². The number of sulfone groups is 1. The van der Waals surface area contributed by atoms with E-state index in [1.807, 2.05) is 34.6 Å². The van der Waals surface area contributed by atoms with Crippen molar-refractivity contribution < 1.29 is 17.9 Å². The van der Waals surface area contributed by atoms with Crippen molar-refractivity contribution in [1.29, 1.82) is 0 Å². The smallest absolute Gasteiger partial charge is 0.241 e. The van der Waals surface area contributed by atoms with Crippen LogP contribution in [0.4, 0.5) is 0 Å². The van der Waals surface area contributed by atoms with Crippen molar-refractivity contribution in [2.45, 2.75) is 51.2 Å². The lowest BCUT2D eigenvalue weighted by molar-refractivity contribution is -0.0561. The first kappa shape index (κ1) is 19.3. The molecule has 5 nitrogen and oxygen atoms in total. The fourth-order valence-electron chi connectivity index (χ4n) is 1.86. The summed E-state index contributed by atoms with van der Waals surface area (Å²) >= 11 is 0. The van der Waals surface area contributed by atoms with Gasteiger partial charge in [-0.2, -0.15) is 4.99 Å². The van der Waals surface area contributed by atoms with Gasteiger partial charge in [0.2, 0.25) is 15.9 Å². The second-order valence-corrected chi connectivity index (χ2v) is 8.36. The van der Waals surface area contributed by atoms with Crippen LogP contribution in [0.15, 0.2) is 51.3 Å². The zero-order chi connectivity index (χ0) is 17.7. The molecular formula is C17H23NO4S. The molecule has 1 aromatic carbocycles. The highest BCUT2D eigenvalue weighted by Crippen LogP contribution is 2.24. The Bertz CT molecular complexity index is 694. The summed E-state index contributed by atoms with van der Waals surface area (Å²) in [6.45, 7) is 9.45. The molecule has 0 bridgehead atoms. The molecule has 1 aromatic rings. The number of nitrogens with zero attached hydrogens (tertiary/aromatic N) is 1. The third-order valence-electron chi connectivity index (χ3n) is 2.94. The maximum atomic E-state index is 12.6. The molecule has 0 amide bonds. The van der Waals surface area contributed by atoms with Crippen LogP contribution in [-0.4, -0.2) is 26.2 Å². The van der Waals surface area contributed by atoms with Crippen LogP contribution >= 0.6 is 0 Å². The number of rotatable bonds is 6. The normalized spacial score (nSPS) is 14.4. The summed E-state index contributed by atoms with van der Waals surface area (Å²) in [6, 6.07) is 7.85. The van der Waals surface area contributed by atoms with E-state index in [1.54, 1.807) is 18.2 Å². The largest absolute Gasteiger partial charge is 0.368 e. The van der Waals surface area contributed by atoms with Gasteiger partial charge in [0.15, 0.2) is 5.03 Å². The van der Waals surface area contributed by atoms with Crippen LogP contribution in [0.3, 0.4) is 0 Å². The quantitative estimate of drug-likeness (QED) is 0.588. The summed E-state index contributed by atoms with van der Waals surface area (Å²) in [5.74, 6) is 0.0112. The van der Waals surface area contributed by atoms with Crippen LogP contribution in [0.1, 0.15) is 34.6 Å². The van der Waals surface area contributed by atoms with Crippen LogP contribution in [0, 0.1) is 5.92 Å². The molecule has 0 saturated heterocycles. The Morgan fingerprint density at radius 1 is 1.22 bits per heavy atom. The van der Waals surface area contributed by atoms with Crippen LogP contribution in [0.2, 0.25) is 0 Å². The minimum atomic E-state index is -3.90. The fraction of sp³-hybridized carbons (Fsp3) is 0.471. The third kappa shape index (κ3) is 5.75. The van der Waals surface area contributed by atoms with E-state index in [4.69, 9.17) is 4.74 Å². The lowest BCUT2D eigenvalue weighted by Gasteiger charge is -2.28. The molecule has 0 radical (unpaired) electrons. The van der Waals surface area contributed by atoms with Gasteiger partial charge in [-0.05, 0) is 44.9 Å². The van der Waals surface area contributed by atoms with Crippen molar-refractivity contribution in [2.75, 3.05) is 0 Å². The maximum absolute atomic E-state index is 12.6. The predicted molar refractivity (Wildman–Crippen MR) is 89.3 cm³/mol. The molecule has 23 heavy (non-hydrogen) atoms. The molecule has 126 valence electrons. The monoisotopic (exact) mass is 337 g/mol. The van der Waals surface area contributed by atoms with Gasteiger partial charge >= 0.3 is 0 Å². The van der Waals surface area contributed by atoms with Gasteiger partial charge in [0, 0.05) is 0 Å². The molecule has 6 heteroatoms. The zero-order valence-corrected chi connectivity index (χ0v) is 14.9. The second-order valence-electron chi connectivity index (χ2n) is 6.46. The molecule has 0 aliphatic heterocycles. The molecule has 0 spiro atoms. The number of ether oxygens (including phenoxy) is 1. The summed E-state index contributed by atoms with van der Waals surface area (Å²) < 4.78 is 31.2. The number of carbonyl (C=O) groups excluding carboxylic acids is 1. The first-order valence-corrected chi connectivity index (χ1v) is 8.84. The SMILES string of the molecule is CC(C)[C@@H](C=C(N=C=O)S(=O)(=O)c1ccccc1)OC(C)(C)C. The fourth-order valence-corrected chi connectivity index (χ4v) is 3.09. The van der Waals surface area contributed by atoms with E-state index in [0.717, 1.165) is 0 Å². The lowest BCUT2D eigenvalue weighted by atomic mass is 10.1. The van der Waals surface area contributed by atoms with E-state index in [-0.39, 0.29) is 15.8 Å². The number of benzene rings is 1. The average molecular weight is 337 g/mol. The Balaban J connectivity index is 3.36. The van der Waals surface area contributed by atoms with Crippen molar-refractivity contribution in [1.82, 2.24) is 0 Å². The van der Waals surface area contributed by atoms with E-state index in [2.05, 4.69) is 4.99 Å². The summed E-state index contributed by atoms with van der Waals surface area (Å²) in [4.78, 5) is 14.2. The van der Waals surface area contributed by atoms with Crippen LogP contribution in [0.5, 0.6) is 0 Å². The van der Waals surface area contributed by atoms with Gasteiger partial charge in [-0.3, -0.25) is 0 Å². The minimum Gasteiger partial charge on any atom is -0.368 e. The molecule has 0 aliphatic rings. The maximum Gasteiger partial charge on any atom is 0.241 e.